The van der Waals surface area contributed by atoms with Gasteiger partial charge in [-0.2, -0.15) is 5.26 Å². The Bertz CT molecular complexity index is 1130. The molecule has 2 heterocycles. The number of ketones is 1. The van der Waals surface area contributed by atoms with Crippen molar-refractivity contribution >= 4 is 22.8 Å². The highest BCUT2D eigenvalue weighted by atomic mass is 16.5. The summed E-state index contributed by atoms with van der Waals surface area (Å²) in [5, 5.41) is 9.75. The number of aromatic nitrogens is 1. The molecular weight excluding hydrogens is 340 g/mol. The molecule has 134 valence electrons. The maximum Gasteiger partial charge on any atom is 0.232 e. The fourth-order valence-electron chi connectivity index (χ4n) is 3.47. The van der Waals surface area contributed by atoms with E-state index in [1.165, 1.54) is 0 Å². The number of Topliss-reactive ketones (excluding diaryl/α,β-unsaturated/α-hetero) is 1. The first-order chi connectivity index (χ1) is 13.1. The maximum absolute atomic E-state index is 12.9. The molecule has 4 rings (SSSR count). The summed E-state index contributed by atoms with van der Waals surface area (Å²) in [5.41, 5.74) is 3.38. The number of hydrogen-bond donors (Lipinski definition) is 0. The van der Waals surface area contributed by atoms with E-state index in [9.17, 15) is 4.79 Å². The second kappa shape index (κ2) is 6.65. The standard InChI is InChI=1S/C22H18N2O3/c1-3-24-13-15(17-6-4-5-7-18(17)24)11-20-22(25)21-14(2)10-16(26-9-8-23)12-19(21)27-20/h4-7,10-13H,3,9H2,1-2H3/b20-11-. The minimum atomic E-state index is -0.136. The lowest BCUT2D eigenvalue weighted by atomic mass is 10.0. The van der Waals surface area contributed by atoms with Crippen LogP contribution in [-0.2, 0) is 6.54 Å². The van der Waals surface area contributed by atoms with Gasteiger partial charge in [0, 0.05) is 35.3 Å². The summed E-state index contributed by atoms with van der Waals surface area (Å²) < 4.78 is 13.4. The number of hydrogen-bond acceptors (Lipinski definition) is 4. The molecule has 0 atom stereocenters. The largest absolute Gasteiger partial charge is 0.479 e. The minimum absolute atomic E-state index is 0.0502. The van der Waals surface area contributed by atoms with Gasteiger partial charge in [0.05, 0.1) is 5.56 Å². The molecule has 0 fully saturated rings. The highest BCUT2D eigenvalue weighted by molar-refractivity contribution is 6.16. The SMILES string of the molecule is CCn1cc(/C=C2\Oc3cc(OCC#N)cc(C)c3C2=O)c2ccccc21. The van der Waals surface area contributed by atoms with Crippen molar-refractivity contribution in [2.75, 3.05) is 6.61 Å². The van der Waals surface area contributed by atoms with Gasteiger partial charge in [-0.25, -0.2) is 0 Å². The lowest BCUT2D eigenvalue weighted by Gasteiger charge is -2.05. The highest BCUT2D eigenvalue weighted by Gasteiger charge is 2.30. The van der Waals surface area contributed by atoms with Crippen molar-refractivity contribution < 1.29 is 14.3 Å². The molecule has 0 aliphatic carbocycles. The quantitative estimate of drug-likeness (QED) is 0.645. The highest BCUT2D eigenvalue weighted by Crippen LogP contribution is 2.38. The first-order valence-electron chi connectivity index (χ1n) is 8.79. The van der Waals surface area contributed by atoms with Crippen LogP contribution in [0.4, 0.5) is 0 Å². The molecular formula is C22H18N2O3. The average Bonchev–Trinajstić information content (AvgIpc) is 3.18. The van der Waals surface area contributed by atoms with Crippen LogP contribution in [0, 0.1) is 18.3 Å². The average molecular weight is 358 g/mol. The zero-order valence-electron chi connectivity index (χ0n) is 15.2. The van der Waals surface area contributed by atoms with Gasteiger partial charge < -0.3 is 14.0 Å². The fraction of sp³-hybridized carbons (Fsp3) is 0.182. The molecule has 0 saturated carbocycles. The molecule has 1 aliphatic rings. The molecule has 0 bridgehead atoms. The maximum atomic E-state index is 12.9. The topological polar surface area (TPSA) is 64.2 Å². The summed E-state index contributed by atoms with van der Waals surface area (Å²) in [6.45, 7) is 4.72. The number of para-hydroxylation sites is 1. The predicted octanol–water partition coefficient (Wildman–Crippen LogP) is 4.49. The third-order valence-electron chi connectivity index (χ3n) is 4.69. The number of carbonyl (C=O) groups excluding carboxylic acids is 1. The smallest absolute Gasteiger partial charge is 0.232 e. The first kappa shape index (κ1) is 16.9. The van der Waals surface area contributed by atoms with Crippen molar-refractivity contribution in [3.05, 3.63) is 65.0 Å². The Morgan fingerprint density at radius 2 is 2.11 bits per heavy atom. The van der Waals surface area contributed by atoms with Crippen LogP contribution in [0.5, 0.6) is 11.5 Å². The van der Waals surface area contributed by atoms with E-state index in [-0.39, 0.29) is 12.4 Å². The van der Waals surface area contributed by atoms with Gasteiger partial charge in [-0.05, 0) is 37.6 Å². The molecule has 2 aromatic carbocycles. The molecule has 0 radical (unpaired) electrons. The van der Waals surface area contributed by atoms with Gasteiger partial charge in [0.15, 0.2) is 12.4 Å². The van der Waals surface area contributed by atoms with E-state index >= 15 is 0 Å². The number of nitriles is 1. The normalized spacial score (nSPS) is 14.3. The Kier molecular flexibility index (Phi) is 4.17. The summed E-state index contributed by atoms with van der Waals surface area (Å²) in [6.07, 6.45) is 3.83. The third-order valence-corrected chi connectivity index (χ3v) is 4.69. The van der Waals surface area contributed by atoms with Crippen LogP contribution in [0.3, 0.4) is 0 Å². The second-order valence-electron chi connectivity index (χ2n) is 6.39. The lowest BCUT2D eigenvalue weighted by Crippen LogP contribution is -2.00. The molecule has 0 saturated heterocycles. The van der Waals surface area contributed by atoms with E-state index in [2.05, 4.69) is 17.6 Å². The van der Waals surface area contributed by atoms with Crippen molar-refractivity contribution in [1.29, 1.82) is 5.26 Å². The number of fused-ring (bicyclic) bond motifs is 2. The summed E-state index contributed by atoms with van der Waals surface area (Å²) >= 11 is 0. The Morgan fingerprint density at radius 3 is 2.89 bits per heavy atom. The Morgan fingerprint density at radius 1 is 1.30 bits per heavy atom. The molecule has 0 N–H and O–H groups in total. The molecule has 5 nitrogen and oxygen atoms in total. The summed E-state index contributed by atoms with van der Waals surface area (Å²) in [6, 6.07) is 13.4. The molecule has 27 heavy (non-hydrogen) atoms. The van der Waals surface area contributed by atoms with Crippen LogP contribution in [0.15, 0.2) is 48.4 Å². The fourth-order valence-corrected chi connectivity index (χ4v) is 3.47. The summed E-state index contributed by atoms with van der Waals surface area (Å²) in [4.78, 5) is 12.9. The Hall–Kier alpha value is -3.52. The van der Waals surface area contributed by atoms with E-state index in [0.29, 0.717) is 22.8 Å². The number of ether oxygens (including phenoxy) is 2. The molecule has 0 spiro atoms. The van der Waals surface area contributed by atoms with Gasteiger partial charge in [0.25, 0.3) is 0 Å². The first-order valence-corrected chi connectivity index (χ1v) is 8.79. The number of benzene rings is 2. The van der Waals surface area contributed by atoms with Crippen LogP contribution in [0.2, 0.25) is 0 Å². The number of aryl methyl sites for hydroxylation is 2. The lowest BCUT2D eigenvalue weighted by molar-refractivity contribution is 0.101. The van der Waals surface area contributed by atoms with Gasteiger partial charge in [0.1, 0.15) is 17.6 Å². The van der Waals surface area contributed by atoms with E-state index in [1.54, 1.807) is 18.2 Å². The van der Waals surface area contributed by atoms with Gasteiger partial charge in [-0.1, -0.05) is 18.2 Å². The third kappa shape index (κ3) is 2.85. The zero-order chi connectivity index (χ0) is 19.0. The second-order valence-corrected chi connectivity index (χ2v) is 6.39. The molecule has 5 heteroatoms. The molecule has 3 aromatic rings. The van der Waals surface area contributed by atoms with Crippen molar-refractivity contribution in [1.82, 2.24) is 4.57 Å². The minimum Gasteiger partial charge on any atom is -0.479 e. The van der Waals surface area contributed by atoms with Crippen molar-refractivity contribution in [3.63, 3.8) is 0 Å². The van der Waals surface area contributed by atoms with Crippen LogP contribution >= 0.6 is 0 Å². The van der Waals surface area contributed by atoms with Crippen LogP contribution in [0.1, 0.15) is 28.4 Å². The Labute approximate surface area is 157 Å². The van der Waals surface area contributed by atoms with Crippen LogP contribution in [-0.4, -0.2) is 17.0 Å². The van der Waals surface area contributed by atoms with Crippen LogP contribution in [0.25, 0.3) is 17.0 Å². The monoisotopic (exact) mass is 358 g/mol. The van der Waals surface area contributed by atoms with Gasteiger partial charge in [-0.15, -0.1) is 0 Å². The van der Waals surface area contributed by atoms with Crippen molar-refractivity contribution in [2.24, 2.45) is 0 Å². The molecule has 1 aromatic heterocycles. The van der Waals surface area contributed by atoms with E-state index < -0.39 is 0 Å². The Balaban J connectivity index is 1.75. The number of allylic oxidation sites excluding steroid dienone is 1. The van der Waals surface area contributed by atoms with Gasteiger partial charge in [-0.3, -0.25) is 4.79 Å². The van der Waals surface area contributed by atoms with Gasteiger partial charge >= 0.3 is 0 Å². The molecule has 0 unspecified atom stereocenters. The van der Waals surface area contributed by atoms with Crippen LogP contribution < -0.4 is 9.47 Å². The molecule has 0 amide bonds. The zero-order valence-corrected chi connectivity index (χ0v) is 15.2. The van der Waals surface area contributed by atoms with Crippen molar-refractivity contribution in [3.8, 4) is 17.6 Å². The van der Waals surface area contributed by atoms with E-state index in [1.807, 2.05) is 37.4 Å². The summed E-state index contributed by atoms with van der Waals surface area (Å²) in [7, 11) is 0. The number of nitrogens with zero attached hydrogens (tertiary/aromatic N) is 2. The summed E-state index contributed by atoms with van der Waals surface area (Å²) in [5.74, 6) is 1.15. The van der Waals surface area contributed by atoms with E-state index in [0.717, 1.165) is 28.6 Å². The number of carbonyl (C=O) groups is 1. The predicted molar refractivity (Wildman–Crippen MR) is 103 cm³/mol. The van der Waals surface area contributed by atoms with E-state index in [4.69, 9.17) is 14.7 Å². The van der Waals surface area contributed by atoms with Crippen molar-refractivity contribution in [2.45, 2.75) is 20.4 Å². The number of rotatable bonds is 4. The van der Waals surface area contributed by atoms with Gasteiger partial charge in [0.2, 0.25) is 5.78 Å². The molecule has 1 aliphatic heterocycles.